The molecule has 3 heterocycles. The zero-order valence-electron chi connectivity index (χ0n) is 18.3. The summed E-state index contributed by atoms with van der Waals surface area (Å²) >= 11 is 0. The number of rotatable bonds is 4. The summed E-state index contributed by atoms with van der Waals surface area (Å²) in [4.78, 5) is 45.7. The summed E-state index contributed by atoms with van der Waals surface area (Å²) in [5, 5.41) is 2.53. The van der Waals surface area contributed by atoms with Gasteiger partial charge in [-0.25, -0.2) is 4.79 Å². The molecule has 2 atom stereocenters. The lowest BCUT2D eigenvalue weighted by Crippen LogP contribution is -2.75. The second kappa shape index (κ2) is 7.97. The maximum absolute atomic E-state index is 13.9. The minimum Gasteiger partial charge on any atom is -0.368 e. The molecular weight excluding hydrogens is 404 g/mol. The van der Waals surface area contributed by atoms with E-state index in [9.17, 15) is 14.4 Å². The summed E-state index contributed by atoms with van der Waals surface area (Å²) < 4.78 is 0. The molecule has 1 spiro atoms. The van der Waals surface area contributed by atoms with Crippen molar-refractivity contribution in [3.8, 4) is 0 Å². The number of nitrogens with one attached hydrogen (secondary N) is 1. The van der Waals surface area contributed by atoms with Gasteiger partial charge in [-0.05, 0) is 36.6 Å². The van der Waals surface area contributed by atoms with Crippen molar-refractivity contribution in [3.63, 3.8) is 0 Å². The van der Waals surface area contributed by atoms with Gasteiger partial charge in [0.05, 0.1) is 6.04 Å². The molecule has 4 amide bonds. The molecule has 0 unspecified atom stereocenters. The van der Waals surface area contributed by atoms with Gasteiger partial charge < -0.3 is 9.80 Å². The van der Waals surface area contributed by atoms with E-state index in [2.05, 4.69) is 33.3 Å². The minimum absolute atomic E-state index is 0.299. The Morgan fingerprint density at radius 3 is 2.53 bits per heavy atom. The van der Waals surface area contributed by atoms with E-state index in [1.54, 1.807) is 0 Å². The summed E-state index contributed by atoms with van der Waals surface area (Å²) in [6.45, 7) is 4.37. The first-order valence-corrected chi connectivity index (χ1v) is 11.4. The fourth-order valence-electron chi connectivity index (χ4n) is 5.40. The topological polar surface area (TPSA) is 73.0 Å². The molecule has 2 aromatic carbocycles. The molecule has 2 fully saturated rings. The molecular formula is C25H28N4O3. The van der Waals surface area contributed by atoms with Crippen LogP contribution in [0.2, 0.25) is 0 Å². The molecule has 0 aromatic heterocycles. The van der Waals surface area contributed by atoms with Crippen LogP contribution in [0.1, 0.15) is 25.3 Å². The van der Waals surface area contributed by atoms with Crippen LogP contribution in [-0.2, 0) is 16.0 Å². The van der Waals surface area contributed by atoms with Gasteiger partial charge in [0.1, 0.15) is 0 Å². The summed E-state index contributed by atoms with van der Waals surface area (Å²) in [6.07, 6.45) is 1.87. The average Bonchev–Trinajstić information content (AvgIpc) is 2.83. The van der Waals surface area contributed by atoms with Crippen LogP contribution < -0.4 is 15.1 Å². The van der Waals surface area contributed by atoms with E-state index in [0.717, 1.165) is 29.9 Å². The van der Waals surface area contributed by atoms with E-state index in [1.165, 1.54) is 4.90 Å². The van der Waals surface area contributed by atoms with E-state index in [4.69, 9.17) is 0 Å². The van der Waals surface area contributed by atoms with Crippen LogP contribution in [-0.4, -0.2) is 55.0 Å². The molecule has 2 aromatic rings. The Hall–Kier alpha value is -3.35. The number of hydrogen-bond acceptors (Lipinski definition) is 5. The maximum atomic E-state index is 13.9. The first kappa shape index (κ1) is 20.5. The average molecular weight is 433 g/mol. The number of carbonyl (C=O) groups is 3. The molecule has 3 aliphatic heterocycles. The van der Waals surface area contributed by atoms with Gasteiger partial charge in [0.2, 0.25) is 11.8 Å². The zero-order chi connectivity index (χ0) is 22.3. The Kier molecular flexibility index (Phi) is 5.12. The molecule has 5 rings (SSSR count). The third-order valence-electron chi connectivity index (χ3n) is 7.07. The van der Waals surface area contributed by atoms with Crippen molar-refractivity contribution in [2.24, 2.45) is 5.41 Å². The van der Waals surface area contributed by atoms with E-state index in [-0.39, 0.29) is 11.9 Å². The Morgan fingerprint density at radius 2 is 1.75 bits per heavy atom. The standard InChI is InChI=1S/C25H28N4O3/c1-2-3-13-29-23(31)25(22(30)26-24(29)32)16-18-9-7-8-12-20(18)28-15-14-27(17-21(25)28)19-10-5-4-6-11-19/h4-12,21H,2-3,13-17H2,1H3,(H,26,30,32)/t21-,25+/m1/s1. The molecule has 166 valence electrons. The minimum atomic E-state index is -1.33. The lowest BCUT2D eigenvalue weighted by Gasteiger charge is -2.55. The Balaban J connectivity index is 1.60. The highest BCUT2D eigenvalue weighted by atomic mass is 16.2. The third kappa shape index (κ3) is 3.06. The normalized spacial score (nSPS) is 25.0. The summed E-state index contributed by atoms with van der Waals surface area (Å²) in [7, 11) is 0. The van der Waals surface area contributed by atoms with Crippen LogP contribution in [0.5, 0.6) is 0 Å². The van der Waals surface area contributed by atoms with Crippen molar-refractivity contribution < 1.29 is 14.4 Å². The van der Waals surface area contributed by atoms with Gasteiger partial charge in [0.25, 0.3) is 0 Å². The number of hydrogen-bond donors (Lipinski definition) is 1. The van der Waals surface area contributed by atoms with Crippen molar-refractivity contribution in [1.29, 1.82) is 0 Å². The SMILES string of the molecule is CCCCN1C(=O)NC(=O)[C@@]2(Cc3ccccc3N3CCN(c4ccccc4)C[C@@H]32)C1=O. The Bertz CT molecular complexity index is 1060. The van der Waals surface area contributed by atoms with Gasteiger partial charge in [0.15, 0.2) is 5.41 Å². The van der Waals surface area contributed by atoms with Crippen LogP contribution in [0.15, 0.2) is 54.6 Å². The van der Waals surface area contributed by atoms with E-state index in [1.807, 2.05) is 43.3 Å². The smallest absolute Gasteiger partial charge is 0.330 e. The van der Waals surface area contributed by atoms with Crippen LogP contribution in [0.4, 0.5) is 16.2 Å². The largest absolute Gasteiger partial charge is 0.368 e. The van der Waals surface area contributed by atoms with Crippen molar-refractivity contribution in [2.75, 3.05) is 36.0 Å². The fraction of sp³-hybridized carbons (Fsp3) is 0.400. The van der Waals surface area contributed by atoms with Gasteiger partial charge in [-0.15, -0.1) is 0 Å². The predicted octanol–water partition coefficient (Wildman–Crippen LogP) is 2.80. The van der Waals surface area contributed by atoms with Gasteiger partial charge in [0, 0.05) is 37.6 Å². The number of anilines is 2. The first-order chi connectivity index (χ1) is 15.6. The number of carbonyl (C=O) groups excluding carboxylic acids is 3. The third-order valence-corrected chi connectivity index (χ3v) is 7.07. The van der Waals surface area contributed by atoms with E-state index in [0.29, 0.717) is 32.5 Å². The lowest BCUT2D eigenvalue weighted by molar-refractivity contribution is -0.153. The number of barbiturate groups is 1. The molecule has 0 aliphatic carbocycles. The molecule has 0 bridgehead atoms. The Morgan fingerprint density at radius 1 is 1.00 bits per heavy atom. The number of nitrogens with zero attached hydrogens (tertiary/aromatic N) is 3. The van der Waals surface area contributed by atoms with Gasteiger partial charge >= 0.3 is 6.03 Å². The highest BCUT2D eigenvalue weighted by molar-refractivity contribution is 6.20. The lowest BCUT2D eigenvalue weighted by atomic mass is 9.67. The number of urea groups is 1. The van der Waals surface area contributed by atoms with Gasteiger partial charge in [-0.2, -0.15) is 0 Å². The summed E-state index contributed by atoms with van der Waals surface area (Å²) in [5.74, 6) is -0.834. The predicted molar refractivity (Wildman–Crippen MR) is 123 cm³/mol. The number of para-hydroxylation sites is 2. The Labute approximate surface area is 188 Å². The van der Waals surface area contributed by atoms with Crippen molar-refractivity contribution in [1.82, 2.24) is 10.2 Å². The maximum Gasteiger partial charge on any atom is 0.330 e. The fourth-order valence-corrected chi connectivity index (χ4v) is 5.40. The second-order valence-electron chi connectivity index (χ2n) is 8.84. The molecule has 0 radical (unpaired) electrons. The van der Waals surface area contributed by atoms with Crippen LogP contribution in [0.25, 0.3) is 0 Å². The molecule has 3 aliphatic rings. The molecule has 7 nitrogen and oxygen atoms in total. The quantitative estimate of drug-likeness (QED) is 0.753. The molecule has 7 heteroatoms. The summed E-state index contributed by atoms with van der Waals surface area (Å²) in [5.41, 5.74) is 1.80. The monoisotopic (exact) mass is 432 g/mol. The summed E-state index contributed by atoms with van der Waals surface area (Å²) in [6, 6.07) is 17.1. The zero-order valence-corrected chi connectivity index (χ0v) is 18.3. The van der Waals surface area contributed by atoms with Crippen LogP contribution in [0, 0.1) is 5.41 Å². The second-order valence-corrected chi connectivity index (χ2v) is 8.84. The highest BCUT2D eigenvalue weighted by Gasteiger charge is 2.62. The van der Waals surface area contributed by atoms with Crippen molar-refractivity contribution in [2.45, 2.75) is 32.2 Å². The number of fused-ring (bicyclic) bond motifs is 4. The molecule has 32 heavy (non-hydrogen) atoms. The number of piperazine rings is 1. The van der Waals surface area contributed by atoms with Crippen LogP contribution >= 0.6 is 0 Å². The van der Waals surface area contributed by atoms with E-state index >= 15 is 0 Å². The van der Waals surface area contributed by atoms with Crippen molar-refractivity contribution >= 4 is 29.2 Å². The molecule has 0 saturated carbocycles. The number of benzene rings is 2. The number of amides is 4. The van der Waals surface area contributed by atoms with Crippen LogP contribution in [0.3, 0.4) is 0 Å². The van der Waals surface area contributed by atoms with Gasteiger partial charge in [-0.3, -0.25) is 19.8 Å². The number of unbranched alkanes of at least 4 members (excludes halogenated alkanes) is 1. The van der Waals surface area contributed by atoms with Gasteiger partial charge in [-0.1, -0.05) is 49.7 Å². The van der Waals surface area contributed by atoms with E-state index < -0.39 is 17.4 Å². The molecule has 1 N–H and O–H groups in total. The van der Waals surface area contributed by atoms with Crippen molar-refractivity contribution in [3.05, 3.63) is 60.2 Å². The highest BCUT2D eigenvalue weighted by Crippen LogP contribution is 2.46. The first-order valence-electron chi connectivity index (χ1n) is 11.4. The molecule has 2 saturated heterocycles. The number of imide groups is 2.